The highest BCUT2D eigenvalue weighted by molar-refractivity contribution is 5.78. The summed E-state index contributed by atoms with van der Waals surface area (Å²) in [5.74, 6) is -3.28. The number of hydrogen-bond donors (Lipinski definition) is 3. The van der Waals surface area contributed by atoms with Gasteiger partial charge in [0.2, 0.25) is 0 Å². The largest absolute Gasteiger partial charge is 0.462 e. The first-order valence-electron chi connectivity index (χ1n) is 23.3. The van der Waals surface area contributed by atoms with Gasteiger partial charge in [0.1, 0.15) is 29.8 Å². The Bertz CT molecular complexity index is 1740. The fraction of sp³-hybridized carbons (Fsp3) is 0.776. The van der Waals surface area contributed by atoms with Gasteiger partial charge in [0, 0.05) is 57.7 Å². The van der Waals surface area contributed by atoms with Crippen LogP contribution in [-0.2, 0) is 52.2 Å². The molecule has 0 aromatic rings. The summed E-state index contributed by atoms with van der Waals surface area (Å²) in [6.07, 6.45) is 9.81. The summed E-state index contributed by atoms with van der Waals surface area (Å²) in [6, 6.07) is 0. The van der Waals surface area contributed by atoms with E-state index in [1.807, 2.05) is 32.1 Å². The van der Waals surface area contributed by atoms with Crippen LogP contribution in [0.3, 0.4) is 0 Å². The predicted octanol–water partition coefficient (Wildman–Crippen LogP) is 5.63. The molecule has 0 aromatic heterocycles. The average Bonchev–Trinajstić information content (AvgIpc) is 3.25. The van der Waals surface area contributed by atoms with Crippen molar-refractivity contribution in [1.29, 1.82) is 0 Å². The Hall–Kier alpha value is -2.31. The molecule has 7 rings (SSSR count). The maximum atomic E-state index is 14.5. The SMILES string of the molecule is CCC(C)C1OC2(C=CC1C)CC1CC(C/C=C(/C)C(OC3CC(OC)C(OC4CC(OC)C(O)C(C)O4)C(C)O3)C(C)/C=C\C=C3\COCC4C(O)C(C)=CC(C(=O)O1)C34O)O2. The predicted molar refractivity (Wildman–Crippen MR) is 232 cm³/mol. The lowest BCUT2D eigenvalue weighted by molar-refractivity contribution is -0.318. The van der Waals surface area contributed by atoms with Gasteiger partial charge in [0.15, 0.2) is 18.4 Å². The highest BCUT2D eigenvalue weighted by Crippen LogP contribution is 2.47. The van der Waals surface area contributed by atoms with E-state index in [2.05, 4.69) is 39.8 Å². The lowest BCUT2D eigenvalue weighted by atomic mass is 9.64. The number of allylic oxidation sites excluding steroid dienone is 2. The van der Waals surface area contributed by atoms with Crippen LogP contribution >= 0.6 is 0 Å². The van der Waals surface area contributed by atoms with E-state index in [1.165, 1.54) is 0 Å². The summed E-state index contributed by atoms with van der Waals surface area (Å²) >= 11 is 0. The average molecular weight is 887 g/mol. The second kappa shape index (κ2) is 20.3. The van der Waals surface area contributed by atoms with Crippen LogP contribution < -0.4 is 0 Å². The van der Waals surface area contributed by atoms with Crippen LogP contribution in [0.4, 0.5) is 0 Å². The third kappa shape index (κ3) is 10.2. The number of aliphatic hydroxyl groups excluding tert-OH is 2. The second-order valence-corrected chi connectivity index (χ2v) is 19.3. The van der Waals surface area contributed by atoms with Gasteiger partial charge in [-0.15, -0.1) is 0 Å². The molecule has 1 aliphatic carbocycles. The van der Waals surface area contributed by atoms with E-state index in [0.29, 0.717) is 43.3 Å². The van der Waals surface area contributed by atoms with Crippen molar-refractivity contribution in [2.45, 2.75) is 185 Å². The topological polar surface area (TPSA) is 170 Å². The van der Waals surface area contributed by atoms with Crippen molar-refractivity contribution in [3.63, 3.8) is 0 Å². The molecule has 20 atom stereocenters. The van der Waals surface area contributed by atoms with Crippen LogP contribution in [0.2, 0.25) is 0 Å². The summed E-state index contributed by atoms with van der Waals surface area (Å²) in [5, 5.41) is 34.6. The molecule has 6 aliphatic heterocycles. The minimum absolute atomic E-state index is 0.0806. The fourth-order valence-corrected chi connectivity index (χ4v) is 10.9. The van der Waals surface area contributed by atoms with Crippen LogP contribution in [0.5, 0.6) is 0 Å². The molecule has 63 heavy (non-hydrogen) atoms. The van der Waals surface area contributed by atoms with Crippen molar-refractivity contribution < 1.29 is 67.5 Å². The third-order valence-electron chi connectivity index (χ3n) is 14.9. The highest BCUT2D eigenvalue weighted by atomic mass is 16.7. The first-order chi connectivity index (χ1) is 30.0. The van der Waals surface area contributed by atoms with E-state index in [1.54, 1.807) is 40.2 Å². The van der Waals surface area contributed by atoms with Gasteiger partial charge in [0.25, 0.3) is 0 Å². The van der Waals surface area contributed by atoms with Gasteiger partial charge in [-0.1, -0.05) is 70.6 Å². The van der Waals surface area contributed by atoms with Crippen molar-refractivity contribution in [2.75, 3.05) is 27.4 Å². The molecule has 0 saturated carbocycles. The standard InChI is InChI=1S/C49H74O14/c1-11-26(2)45-29(5)17-18-48(63-45)23-35-20-34(62-48)16-15-28(4)44(60-41-22-39(55-10)46(32(8)58-41)61-40-21-38(54-9)43(51)31(7)57-40)27(3)13-12-14-33-24-56-25-37-42(50)30(6)19-36(47(52)59-35)49(33,37)53/h12-15,17-19,26-27,29,31-32,34-46,50-51,53H,11,16,20-25H2,1-10H3/b13-12-,28-15-,33-14-. The van der Waals surface area contributed by atoms with Crippen molar-refractivity contribution >= 4 is 5.97 Å². The van der Waals surface area contributed by atoms with Gasteiger partial charge < -0.3 is 62.7 Å². The molecule has 0 radical (unpaired) electrons. The third-order valence-corrected chi connectivity index (χ3v) is 14.9. The maximum absolute atomic E-state index is 14.5. The molecular weight excluding hydrogens is 813 g/mol. The molecule has 4 fully saturated rings. The Balaban J connectivity index is 1.19. The van der Waals surface area contributed by atoms with E-state index in [0.717, 1.165) is 12.0 Å². The zero-order valence-corrected chi connectivity index (χ0v) is 38.9. The monoisotopic (exact) mass is 887 g/mol. The van der Waals surface area contributed by atoms with Crippen LogP contribution in [0, 0.1) is 29.6 Å². The molecule has 2 bridgehead atoms. The number of methoxy groups -OCH3 is 2. The van der Waals surface area contributed by atoms with Crippen molar-refractivity contribution in [1.82, 2.24) is 0 Å². The normalized spacial score (nSPS) is 48.7. The van der Waals surface area contributed by atoms with Crippen LogP contribution in [0.25, 0.3) is 0 Å². The summed E-state index contributed by atoms with van der Waals surface area (Å²) in [4.78, 5) is 14.5. The summed E-state index contributed by atoms with van der Waals surface area (Å²) in [7, 11) is 3.22. The van der Waals surface area contributed by atoms with Gasteiger partial charge >= 0.3 is 5.97 Å². The molecule has 7 aliphatic rings. The zero-order chi connectivity index (χ0) is 45.4. The van der Waals surface area contributed by atoms with Crippen molar-refractivity contribution in [3.8, 4) is 0 Å². The minimum atomic E-state index is -1.75. The molecule has 6 heterocycles. The molecule has 354 valence electrons. The molecule has 0 aromatic carbocycles. The summed E-state index contributed by atoms with van der Waals surface area (Å²) in [6.45, 7) is 16.3. The van der Waals surface area contributed by atoms with Crippen LogP contribution in [-0.4, -0.2) is 140 Å². The number of carbonyl (C=O) groups excluding carboxylic acids is 1. The van der Waals surface area contributed by atoms with E-state index in [-0.39, 0.29) is 49.3 Å². The number of hydrogen-bond acceptors (Lipinski definition) is 14. The Labute approximate surface area is 373 Å². The highest BCUT2D eigenvalue weighted by Gasteiger charge is 2.58. The van der Waals surface area contributed by atoms with Crippen molar-refractivity contribution in [2.24, 2.45) is 29.6 Å². The fourth-order valence-electron chi connectivity index (χ4n) is 10.9. The van der Waals surface area contributed by atoms with Gasteiger partial charge in [0.05, 0.1) is 62.0 Å². The minimum Gasteiger partial charge on any atom is -0.462 e. The van der Waals surface area contributed by atoms with Gasteiger partial charge in [-0.05, 0) is 62.8 Å². The Morgan fingerprint density at radius 2 is 1.60 bits per heavy atom. The van der Waals surface area contributed by atoms with Crippen LogP contribution in [0.1, 0.15) is 93.9 Å². The van der Waals surface area contributed by atoms with Gasteiger partial charge in [-0.2, -0.15) is 0 Å². The Morgan fingerprint density at radius 1 is 0.889 bits per heavy atom. The molecule has 1 spiro atoms. The number of fused-ring (bicyclic) bond motifs is 2. The first-order valence-corrected chi connectivity index (χ1v) is 23.3. The van der Waals surface area contributed by atoms with E-state index in [9.17, 15) is 20.1 Å². The molecule has 14 nitrogen and oxygen atoms in total. The molecular formula is C49H74O14. The van der Waals surface area contributed by atoms with E-state index in [4.69, 9.17) is 47.4 Å². The molecule has 14 heteroatoms. The first kappa shape index (κ1) is 48.6. The molecule has 4 saturated heterocycles. The number of esters is 1. The molecule has 3 N–H and O–H groups in total. The second-order valence-electron chi connectivity index (χ2n) is 19.3. The smallest absolute Gasteiger partial charge is 0.316 e. The number of aliphatic hydroxyl groups is 3. The lowest BCUT2D eigenvalue weighted by Crippen LogP contribution is -2.61. The quantitative estimate of drug-likeness (QED) is 0.203. The lowest BCUT2D eigenvalue weighted by Gasteiger charge is -2.50. The summed E-state index contributed by atoms with van der Waals surface area (Å²) < 4.78 is 63.7. The van der Waals surface area contributed by atoms with E-state index >= 15 is 0 Å². The van der Waals surface area contributed by atoms with Gasteiger partial charge in [-0.25, -0.2) is 0 Å². The van der Waals surface area contributed by atoms with Gasteiger partial charge in [-0.3, -0.25) is 4.79 Å². The zero-order valence-electron chi connectivity index (χ0n) is 38.9. The Kier molecular flexibility index (Phi) is 15.7. The van der Waals surface area contributed by atoms with Crippen molar-refractivity contribution in [3.05, 3.63) is 59.3 Å². The maximum Gasteiger partial charge on any atom is 0.316 e. The van der Waals surface area contributed by atoms with Crippen LogP contribution in [0.15, 0.2) is 59.3 Å². The molecule has 0 amide bonds. The van der Waals surface area contributed by atoms with E-state index < -0.39 is 90.6 Å². The Morgan fingerprint density at radius 3 is 2.33 bits per heavy atom. The summed E-state index contributed by atoms with van der Waals surface area (Å²) in [5.41, 5.74) is 0.277. The molecule has 20 unspecified atom stereocenters. The number of carbonyl (C=O) groups is 1. The number of ether oxygens (including phenoxy) is 10. The number of rotatable bonds is 8.